The molecule has 2 nitrogen and oxygen atoms in total. The van der Waals surface area contributed by atoms with Gasteiger partial charge in [0, 0.05) is 22.2 Å². The van der Waals surface area contributed by atoms with Gasteiger partial charge in [-0.3, -0.25) is 0 Å². The fraction of sp³-hybridized carbons (Fsp3) is 0.208. The zero-order valence-electron chi connectivity index (χ0n) is 33.3. The molecule has 0 spiro atoms. The average molecular weight is 716 g/mol. The molecule has 0 saturated heterocycles. The first-order chi connectivity index (χ1) is 26.3. The van der Waals surface area contributed by atoms with Crippen LogP contribution in [0.2, 0.25) is 0 Å². The molecule has 0 radical (unpaired) electrons. The van der Waals surface area contributed by atoms with Gasteiger partial charge < -0.3 is 9.32 Å². The Kier molecular flexibility index (Phi) is 7.99. The summed E-state index contributed by atoms with van der Waals surface area (Å²) in [5.41, 5.74) is 18.2. The lowest BCUT2D eigenvalue weighted by atomic mass is 9.76. The van der Waals surface area contributed by atoms with Gasteiger partial charge in [-0.15, -0.1) is 0 Å². The fourth-order valence-corrected chi connectivity index (χ4v) is 8.57. The highest BCUT2D eigenvalue weighted by Gasteiger charge is 2.39. The summed E-state index contributed by atoms with van der Waals surface area (Å²) in [4.78, 5) is 2.38. The zero-order chi connectivity index (χ0) is 38.3. The van der Waals surface area contributed by atoms with Crippen molar-refractivity contribution in [2.45, 2.75) is 71.6 Å². The van der Waals surface area contributed by atoms with Crippen LogP contribution >= 0.6 is 0 Å². The Morgan fingerprint density at radius 2 is 1.05 bits per heavy atom. The molecule has 0 N–H and O–H groups in total. The minimum absolute atomic E-state index is 0.0000925. The van der Waals surface area contributed by atoms with Crippen LogP contribution in [0.1, 0.15) is 77.6 Å². The average Bonchev–Trinajstić information content (AvgIpc) is 3.67. The van der Waals surface area contributed by atoms with E-state index >= 15 is 0 Å². The van der Waals surface area contributed by atoms with Gasteiger partial charge in [-0.1, -0.05) is 159 Å². The topological polar surface area (TPSA) is 16.4 Å². The van der Waals surface area contributed by atoms with Gasteiger partial charge in [0.1, 0.15) is 11.2 Å². The van der Waals surface area contributed by atoms with E-state index in [4.69, 9.17) is 4.42 Å². The number of para-hydroxylation sites is 1. The van der Waals surface area contributed by atoms with Crippen LogP contribution in [0.15, 0.2) is 156 Å². The van der Waals surface area contributed by atoms with Crippen LogP contribution in [0.5, 0.6) is 0 Å². The molecule has 8 aromatic rings. The highest BCUT2D eigenvalue weighted by atomic mass is 16.3. The first kappa shape index (κ1) is 34.9. The number of anilines is 3. The molecule has 0 saturated carbocycles. The lowest BCUT2D eigenvalue weighted by molar-refractivity contribution is 0.580. The van der Waals surface area contributed by atoms with Crippen molar-refractivity contribution in [1.82, 2.24) is 0 Å². The maximum atomic E-state index is 6.39. The SMILES string of the molecule is CC(C)(C)c1ccc2c(c1)C(C)(C)c1cc(C(C)(C)C)cc(-c3ccc(N(c4ccc(-c5ccccc5)cc4)c4cccc5oc6ccccc6c45)cc3)c1-2. The molecule has 0 atom stereocenters. The third kappa shape index (κ3) is 5.87. The minimum Gasteiger partial charge on any atom is -0.456 e. The lowest BCUT2D eigenvalue weighted by Gasteiger charge is -2.28. The molecule has 7 aromatic carbocycles. The van der Waals surface area contributed by atoms with E-state index in [1.807, 2.05) is 6.07 Å². The molecule has 1 aliphatic rings. The molecule has 0 amide bonds. The zero-order valence-corrected chi connectivity index (χ0v) is 33.3. The Morgan fingerprint density at radius 1 is 0.473 bits per heavy atom. The van der Waals surface area contributed by atoms with E-state index in [2.05, 4.69) is 206 Å². The van der Waals surface area contributed by atoms with Crippen LogP contribution in [0.25, 0.3) is 55.3 Å². The number of furan rings is 1. The van der Waals surface area contributed by atoms with E-state index in [1.165, 1.54) is 55.6 Å². The van der Waals surface area contributed by atoms with Gasteiger partial charge in [-0.2, -0.15) is 0 Å². The van der Waals surface area contributed by atoms with E-state index in [0.717, 1.165) is 39.0 Å². The van der Waals surface area contributed by atoms with Crippen molar-refractivity contribution in [3.8, 4) is 33.4 Å². The lowest BCUT2D eigenvalue weighted by Crippen LogP contribution is -2.19. The van der Waals surface area contributed by atoms with E-state index in [-0.39, 0.29) is 16.2 Å². The van der Waals surface area contributed by atoms with Crippen LogP contribution in [0, 0.1) is 0 Å². The van der Waals surface area contributed by atoms with Crippen molar-refractivity contribution in [1.29, 1.82) is 0 Å². The second kappa shape index (κ2) is 12.6. The van der Waals surface area contributed by atoms with Gasteiger partial charge in [0.05, 0.1) is 11.1 Å². The summed E-state index contributed by atoms with van der Waals surface area (Å²) in [5.74, 6) is 0. The standard InChI is InChI=1S/C53H49NO/c1-51(2,3)37-25-30-41-44(32-37)53(7,8)45-33-38(52(4,5)6)31-43(49(41)45)36-23-28-40(29-24-36)54(39-26-21-35(22-27-39)34-15-10-9-11-16-34)46-18-14-20-48-50(46)42-17-12-13-19-47(42)55-48/h9-33H,1-8H3. The van der Waals surface area contributed by atoms with Crippen molar-refractivity contribution in [2.24, 2.45) is 0 Å². The van der Waals surface area contributed by atoms with Crippen LogP contribution < -0.4 is 4.90 Å². The van der Waals surface area contributed by atoms with E-state index in [0.29, 0.717) is 0 Å². The van der Waals surface area contributed by atoms with Gasteiger partial charge in [-0.05, 0) is 115 Å². The van der Waals surface area contributed by atoms with Gasteiger partial charge in [-0.25, -0.2) is 0 Å². The molecule has 0 aliphatic heterocycles. The number of fused-ring (bicyclic) bond motifs is 6. The summed E-state index contributed by atoms with van der Waals surface area (Å²) < 4.78 is 6.39. The predicted molar refractivity (Wildman–Crippen MR) is 234 cm³/mol. The Bertz CT molecular complexity index is 2720. The number of nitrogens with zero attached hydrogens (tertiary/aromatic N) is 1. The maximum absolute atomic E-state index is 6.39. The molecule has 272 valence electrons. The minimum atomic E-state index is -0.114. The molecule has 1 aliphatic carbocycles. The smallest absolute Gasteiger partial charge is 0.137 e. The molecular weight excluding hydrogens is 667 g/mol. The molecular formula is C53H49NO. The predicted octanol–water partition coefficient (Wildman–Crippen LogP) is 15.3. The Hall–Kier alpha value is -5.86. The summed E-state index contributed by atoms with van der Waals surface area (Å²) in [6.45, 7) is 18.7. The number of hydrogen-bond donors (Lipinski definition) is 0. The van der Waals surface area contributed by atoms with Crippen molar-refractivity contribution in [3.63, 3.8) is 0 Å². The summed E-state index contributed by atoms with van der Waals surface area (Å²) in [7, 11) is 0. The van der Waals surface area contributed by atoms with E-state index < -0.39 is 0 Å². The van der Waals surface area contributed by atoms with Gasteiger partial charge in [0.25, 0.3) is 0 Å². The highest BCUT2D eigenvalue weighted by Crippen LogP contribution is 2.54. The Morgan fingerprint density at radius 3 is 1.73 bits per heavy atom. The quantitative estimate of drug-likeness (QED) is 0.176. The van der Waals surface area contributed by atoms with Crippen molar-refractivity contribution in [3.05, 3.63) is 174 Å². The third-order valence-electron chi connectivity index (χ3n) is 11.8. The third-order valence-corrected chi connectivity index (χ3v) is 11.8. The first-order valence-corrected chi connectivity index (χ1v) is 19.6. The Labute approximate surface area is 326 Å². The maximum Gasteiger partial charge on any atom is 0.137 e. The molecule has 0 unspecified atom stereocenters. The van der Waals surface area contributed by atoms with Crippen molar-refractivity contribution >= 4 is 39.0 Å². The van der Waals surface area contributed by atoms with Gasteiger partial charge in [0.2, 0.25) is 0 Å². The van der Waals surface area contributed by atoms with Crippen LogP contribution in [-0.4, -0.2) is 0 Å². The van der Waals surface area contributed by atoms with Crippen LogP contribution in [0.4, 0.5) is 17.1 Å². The normalized spacial score (nSPS) is 13.6. The largest absolute Gasteiger partial charge is 0.456 e. The van der Waals surface area contributed by atoms with Crippen LogP contribution in [0.3, 0.4) is 0 Å². The van der Waals surface area contributed by atoms with E-state index in [9.17, 15) is 0 Å². The molecule has 0 fully saturated rings. The summed E-state index contributed by atoms with van der Waals surface area (Å²) in [5, 5.41) is 2.22. The van der Waals surface area contributed by atoms with Crippen LogP contribution in [-0.2, 0) is 16.2 Å². The number of rotatable bonds is 5. The Balaban J connectivity index is 1.22. The second-order valence-corrected chi connectivity index (χ2v) is 17.9. The first-order valence-electron chi connectivity index (χ1n) is 19.6. The summed E-state index contributed by atoms with van der Waals surface area (Å²) in [6.07, 6.45) is 0. The monoisotopic (exact) mass is 715 g/mol. The van der Waals surface area contributed by atoms with E-state index in [1.54, 1.807) is 0 Å². The molecule has 55 heavy (non-hydrogen) atoms. The number of hydrogen-bond acceptors (Lipinski definition) is 2. The molecule has 0 bridgehead atoms. The molecule has 1 aromatic heterocycles. The van der Waals surface area contributed by atoms with Crippen molar-refractivity contribution < 1.29 is 4.42 Å². The summed E-state index contributed by atoms with van der Waals surface area (Å²) in [6, 6.07) is 55.6. The second-order valence-electron chi connectivity index (χ2n) is 17.9. The summed E-state index contributed by atoms with van der Waals surface area (Å²) >= 11 is 0. The molecule has 1 heterocycles. The van der Waals surface area contributed by atoms with Crippen molar-refractivity contribution in [2.75, 3.05) is 4.90 Å². The highest BCUT2D eigenvalue weighted by molar-refractivity contribution is 6.13. The fourth-order valence-electron chi connectivity index (χ4n) is 8.57. The molecule has 9 rings (SSSR count). The van der Waals surface area contributed by atoms with Gasteiger partial charge in [0.15, 0.2) is 0 Å². The number of benzene rings is 7. The van der Waals surface area contributed by atoms with Gasteiger partial charge >= 0.3 is 0 Å². The molecule has 2 heteroatoms.